The highest BCUT2D eigenvalue weighted by Gasteiger charge is 2.38. The fourth-order valence-electron chi connectivity index (χ4n) is 4.94. The molecule has 0 spiro atoms. The van der Waals surface area contributed by atoms with Crippen molar-refractivity contribution in [1.82, 2.24) is 0 Å². The van der Waals surface area contributed by atoms with Crippen molar-refractivity contribution in [3.8, 4) is 11.5 Å². The van der Waals surface area contributed by atoms with Gasteiger partial charge in [-0.25, -0.2) is 0 Å². The minimum Gasteiger partial charge on any atom is -0.429 e. The molecule has 3 rings (SSSR count). The summed E-state index contributed by atoms with van der Waals surface area (Å²) in [6.45, 7) is 4.36. The van der Waals surface area contributed by atoms with Gasteiger partial charge in [0.2, 0.25) is 0 Å². The standard InChI is InChI=1S/C36H46F4O2/c1-3-5-7-9-10-11-12-14-16-30-19-27-34(28-20-30)42-36(39,40)32-23-21-31(22-24-32)35(37,38)41-33-25-17-29(18-26-33)15-13-8-6-4-2/h17-28H,3-16H2,1-2H3. The normalized spacial score (nSPS) is 12.0. The fourth-order valence-corrected chi connectivity index (χ4v) is 4.94. The molecular weight excluding hydrogens is 540 g/mol. The highest BCUT2D eigenvalue weighted by molar-refractivity contribution is 5.32. The summed E-state index contributed by atoms with van der Waals surface area (Å²) < 4.78 is 69.2. The van der Waals surface area contributed by atoms with Gasteiger partial charge in [0.05, 0.1) is 11.1 Å². The van der Waals surface area contributed by atoms with E-state index < -0.39 is 23.3 Å². The molecule has 0 saturated carbocycles. The van der Waals surface area contributed by atoms with Gasteiger partial charge in [0, 0.05) is 0 Å². The maximum Gasteiger partial charge on any atom is 0.426 e. The number of rotatable bonds is 20. The van der Waals surface area contributed by atoms with Crippen LogP contribution < -0.4 is 9.47 Å². The number of unbranched alkanes of at least 4 members (excludes halogenated alkanes) is 10. The average molecular weight is 587 g/mol. The Morgan fingerprint density at radius 3 is 1.10 bits per heavy atom. The Morgan fingerprint density at radius 1 is 0.429 bits per heavy atom. The minimum absolute atomic E-state index is 0.0147. The zero-order chi connectivity index (χ0) is 30.3. The lowest BCUT2D eigenvalue weighted by Crippen LogP contribution is -2.24. The second-order valence-electron chi connectivity index (χ2n) is 11.1. The highest BCUT2D eigenvalue weighted by Crippen LogP contribution is 2.36. The molecule has 0 fully saturated rings. The van der Waals surface area contributed by atoms with Crippen molar-refractivity contribution in [1.29, 1.82) is 0 Å². The molecule has 0 unspecified atom stereocenters. The number of ether oxygens (including phenoxy) is 2. The molecule has 0 atom stereocenters. The molecule has 0 saturated heterocycles. The molecule has 3 aromatic carbocycles. The van der Waals surface area contributed by atoms with Crippen LogP contribution in [0.1, 0.15) is 113 Å². The van der Waals surface area contributed by atoms with E-state index in [4.69, 9.17) is 9.47 Å². The molecule has 0 aliphatic carbocycles. The summed E-state index contributed by atoms with van der Waals surface area (Å²) in [6, 6.07) is 17.0. The monoisotopic (exact) mass is 586 g/mol. The van der Waals surface area contributed by atoms with E-state index in [0.29, 0.717) is 0 Å². The Labute approximate surface area is 249 Å². The zero-order valence-electron chi connectivity index (χ0n) is 25.2. The molecule has 0 amide bonds. The first-order valence-electron chi connectivity index (χ1n) is 15.7. The van der Waals surface area contributed by atoms with E-state index in [0.717, 1.165) is 80.3 Å². The molecule has 0 aromatic heterocycles. The third-order valence-electron chi connectivity index (χ3n) is 7.53. The van der Waals surface area contributed by atoms with Crippen molar-refractivity contribution in [2.24, 2.45) is 0 Å². The van der Waals surface area contributed by atoms with Gasteiger partial charge >= 0.3 is 12.2 Å². The van der Waals surface area contributed by atoms with Crippen molar-refractivity contribution in [3.63, 3.8) is 0 Å². The molecule has 3 aromatic rings. The summed E-state index contributed by atoms with van der Waals surface area (Å²) >= 11 is 0. The zero-order valence-corrected chi connectivity index (χ0v) is 25.2. The number of hydrogen-bond donors (Lipinski definition) is 0. The maximum atomic E-state index is 14.8. The van der Waals surface area contributed by atoms with Gasteiger partial charge in [0.15, 0.2) is 0 Å². The second kappa shape index (κ2) is 17.2. The van der Waals surface area contributed by atoms with Crippen molar-refractivity contribution < 1.29 is 27.0 Å². The van der Waals surface area contributed by atoms with Gasteiger partial charge in [-0.05, 0) is 85.3 Å². The number of hydrogen-bond acceptors (Lipinski definition) is 2. The Bertz CT molecular complexity index is 1140. The van der Waals surface area contributed by atoms with E-state index >= 15 is 0 Å². The largest absolute Gasteiger partial charge is 0.429 e. The van der Waals surface area contributed by atoms with E-state index in [2.05, 4.69) is 13.8 Å². The number of benzene rings is 3. The number of halogens is 4. The van der Waals surface area contributed by atoms with E-state index in [-0.39, 0.29) is 11.5 Å². The first kappa shape index (κ1) is 33.5. The molecule has 0 heterocycles. The number of aryl methyl sites for hydroxylation is 2. The molecule has 2 nitrogen and oxygen atoms in total. The van der Waals surface area contributed by atoms with Crippen LogP contribution in [0, 0.1) is 0 Å². The summed E-state index contributed by atoms with van der Waals surface area (Å²) in [6.07, 6.45) is 8.81. The van der Waals surface area contributed by atoms with Crippen LogP contribution in [0.15, 0.2) is 72.8 Å². The molecule has 0 bridgehead atoms. The van der Waals surface area contributed by atoms with Crippen LogP contribution in [0.3, 0.4) is 0 Å². The molecular formula is C36H46F4O2. The Hall–Kier alpha value is -3.02. The SMILES string of the molecule is CCCCCCCCCCc1ccc(OC(F)(F)c2ccc(C(F)(F)Oc3ccc(CCCCCC)cc3)cc2)cc1. The molecule has 6 heteroatoms. The summed E-state index contributed by atoms with van der Waals surface area (Å²) in [5.41, 5.74) is 1.10. The topological polar surface area (TPSA) is 18.5 Å². The third-order valence-corrected chi connectivity index (χ3v) is 7.53. The van der Waals surface area contributed by atoms with Crippen LogP contribution in [-0.4, -0.2) is 0 Å². The van der Waals surface area contributed by atoms with Crippen LogP contribution in [0.25, 0.3) is 0 Å². The van der Waals surface area contributed by atoms with E-state index in [1.807, 2.05) is 0 Å². The molecule has 0 aliphatic rings. The molecule has 230 valence electrons. The lowest BCUT2D eigenvalue weighted by atomic mass is 10.0. The third kappa shape index (κ3) is 11.3. The van der Waals surface area contributed by atoms with Crippen molar-refractivity contribution in [3.05, 3.63) is 95.1 Å². The predicted molar refractivity (Wildman–Crippen MR) is 163 cm³/mol. The molecule has 0 radical (unpaired) electrons. The van der Waals surface area contributed by atoms with Gasteiger partial charge in [-0.2, -0.15) is 17.6 Å². The first-order chi connectivity index (χ1) is 20.2. The van der Waals surface area contributed by atoms with Crippen LogP contribution in [-0.2, 0) is 25.1 Å². The average Bonchev–Trinajstić information content (AvgIpc) is 2.98. The van der Waals surface area contributed by atoms with E-state index in [9.17, 15) is 17.6 Å². The Kier molecular flexibility index (Phi) is 13.7. The highest BCUT2D eigenvalue weighted by atomic mass is 19.3. The van der Waals surface area contributed by atoms with Gasteiger partial charge < -0.3 is 9.47 Å². The van der Waals surface area contributed by atoms with Crippen LogP contribution in [0.2, 0.25) is 0 Å². The molecule has 0 N–H and O–H groups in total. The summed E-state index contributed by atoms with van der Waals surface area (Å²) in [4.78, 5) is 0. The fraction of sp³-hybridized carbons (Fsp3) is 0.500. The predicted octanol–water partition coefficient (Wildman–Crippen LogP) is 11.7. The van der Waals surface area contributed by atoms with E-state index in [1.165, 1.54) is 69.2 Å². The lowest BCUT2D eigenvalue weighted by Gasteiger charge is -2.21. The Morgan fingerprint density at radius 2 is 0.738 bits per heavy atom. The summed E-state index contributed by atoms with van der Waals surface area (Å²) in [7, 11) is 0. The molecule has 0 aliphatic heterocycles. The molecule has 42 heavy (non-hydrogen) atoms. The van der Waals surface area contributed by atoms with Crippen LogP contribution >= 0.6 is 0 Å². The smallest absolute Gasteiger partial charge is 0.426 e. The maximum absolute atomic E-state index is 14.8. The Balaban J connectivity index is 1.48. The van der Waals surface area contributed by atoms with E-state index in [1.54, 1.807) is 24.3 Å². The van der Waals surface area contributed by atoms with Crippen LogP contribution in [0.5, 0.6) is 11.5 Å². The van der Waals surface area contributed by atoms with Gasteiger partial charge in [-0.3, -0.25) is 0 Å². The van der Waals surface area contributed by atoms with Crippen molar-refractivity contribution in [2.75, 3.05) is 0 Å². The van der Waals surface area contributed by atoms with Crippen molar-refractivity contribution in [2.45, 2.75) is 116 Å². The summed E-state index contributed by atoms with van der Waals surface area (Å²) in [5, 5.41) is 0. The van der Waals surface area contributed by atoms with Crippen molar-refractivity contribution >= 4 is 0 Å². The quantitative estimate of drug-likeness (QED) is 0.0968. The van der Waals surface area contributed by atoms with Gasteiger partial charge in [0.25, 0.3) is 0 Å². The first-order valence-corrected chi connectivity index (χ1v) is 15.7. The second-order valence-corrected chi connectivity index (χ2v) is 11.1. The summed E-state index contributed by atoms with van der Waals surface area (Å²) in [5.74, 6) is 0.0344. The number of alkyl halides is 4. The minimum atomic E-state index is -3.68. The lowest BCUT2D eigenvalue weighted by molar-refractivity contribution is -0.188. The van der Waals surface area contributed by atoms with Gasteiger partial charge in [-0.15, -0.1) is 0 Å². The van der Waals surface area contributed by atoms with Crippen LogP contribution in [0.4, 0.5) is 17.6 Å². The van der Waals surface area contributed by atoms with Gasteiger partial charge in [-0.1, -0.05) is 102 Å². The van der Waals surface area contributed by atoms with Gasteiger partial charge in [0.1, 0.15) is 11.5 Å².